The number of aliphatic hydroxyl groups excluding tert-OH is 1. The molecule has 0 amide bonds. The second kappa shape index (κ2) is 2.73. The third-order valence-corrected chi connectivity index (χ3v) is 2.66. The van der Waals surface area contributed by atoms with Gasteiger partial charge in [0.05, 0.1) is 19.3 Å². The lowest BCUT2D eigenvalue weighted by Gasteiger charge is -2.22. The van der Waals surface area contributed by atoms with Gasteiger partial charge in [-0.2, -0.15) is 0 Å². The third kappa shape index (κ3) is 1.28. The highest BCUT2D eigenvalue weighted by Gasteiger charge is 2.41. The first kappa shape index (κ1) is 7.53. The SMILES string of the molecule is OCC1COC2(CCCC2)N1. The number of ether oxygens (including phenoxy) is 1. The van der Waals surface area contributed by atoms with Gasteiger partial charge in [0.1, 0.15) is 5.72 Å². The van der Waals surface area contributed by atoms with Crippen molar-refractivity contribution in [3.05, 3.63) is 0 Å². The Kier molecular flexibility index (Phi) is 1.87. The van der Waals surface area contributed by atoms with E-state index in [1.54, 1.807) is 0 Å². The van der Waals surface area contributed by atoms with Gasteiger partial charge in [-0.1, -0.05) is 0 Å². The molecular formula is C8H15NO2. The second-order valence-electron chi connectivity index (χ2n) is 3.54. The summed E-state index contributed by atoms with van der Waals surface area (Å²) < 4.78 is 5.63. The average molecular weight is 157 g/mol. The first-order valence-electron chi connectivity index (χ1n) is 4.37. The first-order valence-corrected chi connectivity index (χ1v) is 4.37. The minimum Gasteiger partial charge on any atom is -0.395 e. The summed E-state index contributed by atoms with van der Waals surface area (Å²) in [6.45, 7) is 0.873. The largest absolute Gasteiger partial charge is 0.395 e. The molecule has 3 nitrogen and oxygen atoms in total. The molecular weight excluding hydrogens is 142 g/mol. The van der Waals surface area contributed by atoms with E-state index in [0.29, 0.717) is 6.61 Å². The van der Waals surface area contributed by atoms with Gasteiger partial charge in [0.15, 0.2) is 0 Å². The minimum absolute atomic E-state index is 0.0482. The van der Waals surface area contributed by atoms with Crippen LogP contribution in [-0.2, 0) is 4.74 Å². The Morgan fingerprint density at radius 1 is 1.45 bits per heavy atom. The molecule has 1 spiro atoms. The van der Waals surface area contributed by atoms with Crippen LogP contribution in [0.4, 0.5) is 0 Å². The quantitative estimate of drug-likeness (QED) is 0.573. The van der Waals surface area contributed by atoms with Crippen LogP contribution >= 0.6 is 0 Å². The smallest absolute Gasteiger partial charge is 0.119 e. The maximum absolute atomic E-state index is 8.87. The predicted molar refractivity (Wildman–Crippen MR) is 41.2 cm³/mol. The highest BCUT2D eigenvalue weighted by Crippen LogP contribution is 2.34. The third-order valence-electron chi connectivity index (χ3n) is 2.66. The summed E-state index contributed by atoms with van der Waals surface area (Å²) in [6.07, 6.45) is 4.74. The first-order chi connectivity index (χ1) is 5.35. The van der Waals surface area contributed by atoms with Crippen LogP contribution in [0.3, 0.4) is 0 Å². The molecule has 1 aliphatic heterocycles. The van der Waals surface area contributed by atoms with E-state index >= 15 is 0 Å². The van der Waals surface area contributed by atoms with Crippen molar-refractivity contribution in [1.29, 1.82) is 0 Å². The van der Waals surface area contributed by atoms with E-state index in [1.807, 2.05) is 0 Å². The van der Waals surface area contributed by atoms with E-state index in [9.17, 15) is 0 Å². The minimum atomic E-state index is -0.0482. The van der Waals surface area contributed by atoms with E-state index in [1.165, 1.54) is 12.8 Å². The van der Waals surface area contributed by atoms with E-state index in [2.05, 4.69) is 5.32 Å². The molecule has 0 aromatic carbocycles. The molecule has 1 heterocycles. The number of nitrogens with one attached hydrogen (secondary N) is 1. The van der Waals surface area contributed by atoms with Gasteiger partial charge in [-0.15, -0.1) is 0 Å². The molecule has 1 saturated heterocycles. The molecule has 0 aromatic heterocycles. The lowest BCUT2D eigenvalue weighted by molar-refractivity contribution is -0.00363. The molecule has 64 valence electrons. The summed E-state index contributed by atoms with van der Waals surface area (Å²) in [5.41, 5.74) is -0.0482. The van der Waals surface area contributed by atoms with E-state index in [-0.39, 0.29) is 18.4 Å². The Bertz CT molecular complexity index is 143. The van der Waals surface area contributed by atoms with Gasteiger partial charge >= 0.3 is 0 Å². The highest BCUT2D eigenvalue weighted by atomic mass is 16.5. The Balaban J connectivity index is 1.96. The molecule has 0 aromatic rings. The Hall–Kier alpha value is -0.120. The van der Waals surface area contributed by atoms with Gasteiger partial charge in [-0.3, -0.25) is 5.32 Å². The van der Waals surface area contributed by atoms with Crippen LogP contribution in [0.1, 0.15) is 25.7 Å². The summed E-state index contributed by atoms with van der Waals surface area (Å²) in [5.74, 6) is 0. The molecule has 0 radical (unpaired) electrons. The zero-order valence-corrected chi connectivity index (χ0v) is 6.68. The summed E-state index contributed by atoms with van der Waals surface area (Å²) >= 11 is 0. The molecule has 2 aliphatic rings. The van der Waals surface area contributed by atoms with Crippen LogP contribution in [0.5, 0.6) is 0 Å². The molecule has 0 bridgehead atoms. The summed E-state index contributed by atoms with van der Waals surface area (Å²) in [5, 5.41) is 12.2. The van der Waals surface area contributed by atoms with Gasteiger partial charge in [-0.05, 0) is 25.7 Å². The van der Waals surface area contributed by atoms with Gasteiger partial charge in [0.2, 0.25) is 0 Å². The average Bonchev–Trinajstić information content (AvgIpc) is 2.62. The van der Waals surface area contributed by atoms with Crippen molar-refractivity contribution in [2.45, 2.75) is 37.5 Å². The molecule has 2 N–H and O–H groups in total. The molecule has 1 unspecified atom stereocenters. The van der Waals surface area contributed by atoms with Crippen LogP contribution in [-0.4, -0.2) is 30.1 Å². The van der Waals surface area contributed by atoms with Crippen molar-refractivity contribution in [3.63, 3.8) is 0 Å². The summed E-state index contributed by atoms with van der Waals surface area (Å²) in [7, 11) is 0. The zero-order chi connectivity index (χ0) is 7.73. The van der Waals surface area contributed by atoms with Gasteiger partial charge < -0.3 is 9.84 Å². The molecule has 3 heteroatoms. The molecule has 2 fully saturated rings. The van der Waals surface area contributed by atoms with Crippen molar-refractivity contribution >= 4 is 0 Å². The Morgan fingerprint density at radius 3 is 2.73 bits per heavy atom. The van der Waals surface area contributed by atoms with Crippen molar-refractivity contribution in [1.82, 2.24) is 5.32 Å². The predicted octanol–water partition coefficient (Wildman–Crippen LogP) is 0.237. The summed E-state index contributed by atoms with van der Waals surface area (Å²) in [4.78, 5) is 0. The van der Waals surface area contributed by atoms with Crippen molar-refractivity contribution < 1.29 is 9.84 Å². The topological polar surface area (TPSA) is 41.5 Å². The molecule has 1 aliphatic carbocycles. The molecule has 1 saturated carbocycles. The van der Waals surface area contributed by atoms with Crippen molar-refractivity contribution in [3.8, 4) is 0 Å². The van der Waals surface area contributed by atoms with Gasteiger partial charge in [0.25, 0.3) is 0 Å². The van der Waals surface area contributed by atoms with E-state index < -0.39 is 0 Å². The van der Waals surface area contributed by atoms with E-state index in [0.717, 1.165) is 12.8 Å². The van der Waals surface area contributed by atoms with Crippen LogP contribution < -0.4 is 5.32 Å². The standard InChI is InChI=1S/C8H15NO2/c10-5-7-6-11-8(9-7)3-1-2-4-8/h7,9-10H,1-6H2. The Labute approximate surface area is 66.7 Å². The van der Waals surface area contributed by atoms with Crippen LogP contribution in [0.15, 0.2) is 0 Å². The number of hydrogen-bond donors (Lipinski definition) is 2. The van der Waals surface area contributed by atoms with Crippen molar-refractivity contribution in [2.24, 2.45) is 0 Å². The number of hydrogen-bond acceptors (Lipinski definition) is 3. The van der Waals surface area contributed by atoms with Gasteiger partial charge in [0, 0.05) is 0 Å². The maximum atomic E-state index is 8.87. The monoisotopic (exact) mass is 157 g/mol. The molecule has 1 atom stereocenters. The zero-order valence-electron chi connectivity index (χ0n) is 6.68. The lowest BCUT2D eigenvalue weighted by Crippen LogP contribution is -2.42. The van der Waals surface area contributed by atoms with Crippen LogP contribution in [0.25, 0.3) is 0 Å². The Morgan fingerprint density at radius 2 is 2.18 bits per heavy atom. The van der Waals surface area contributed by atoms with E-state index in [4.69, 9.17) is 9.84 Å². The molecule has 11 heavy (non-hydrogen) atoms. The van der Waals surface area contributed by atoms with Crippen LogP contribution in [0, 0.1) is 0 Å². The highest BCUT2D eigenvalue weighted by molar-refractivity contribution is 4.91. The normalized spacial score (nSPS) is 35.2. The second-order valence-corrected chi connectivity index (χ2v) is 3.54. The fourth-order valence-corrected chi connectivity index (χ4v) is 2.05. The summed E-state index contributed by atoms with van der Waals surface area (Å²) in [6, 6.07) is 0.174. The number of aliphatic hydroxyl groups is 1. The lowest BCUT2D eigenvalue weighted by atomic mass is 10.2. The fraction of sp³-hybridized carbons (Fsp3) is 1.00. The fourth-order valence-electron chi connectivity index (χ4n) is 2.05. The van der Waals surface area contributed by atoms with Crippen molar-refractivity contribution in [2.75, 3.05) is 13.2 Å². The number of rotatable bonds is 1. The maximum Gasteiger partial charge on any atom is 0.119 e. The van der Waals surface area contributed by atoms with Gasteiger partial charge in [-0.25, -0.2) is 0 Å². The molecule has 2 rings (SSSR count). The van der Waals surface area contributed by atoms with Crippen LogP contribution in [0.2, 0.25) is 0 Å².